The molecule has 0 atom stereocenters. The van der Waals surface area contributed by atoms with Crippen molar-refractivity contribution in [3.63, 3.8) is 0 Å². The molecular weight excluding hydrogens is 456 g/mol. The van der Waals surface area contributed by atoms with Gasteiger partial charge in [-0.25, -0.2) is 0 Å². The molecule has 4 aromatic carbocycles. The quantitative estimate of drug-likeness (QED) is 0.297. The zero-order chi connectivity index (χ0) is 21.8. The van der Waals surface area contributed by atoms with E-state index in [4.69, 9.17) is 0 Å². The molecule has 0 unspecified atom stereocenters. The molecule has 160 valence electrons. The van der Waals surface area contributed by atoms with Gasteiger partial charge in [0.15, 0.2) is 0 Å². The number of benzene rings is 4. The van der Waals surface area contributed by atoms with E-state index in [0.29, 0.717) is 0 Å². The summed E-state index contributed by atoms with van der Waals surface area (Å²) in [5, 5.41) is 0. The van der Waals surface area contributed by atoms with Crippen LogP contribution in [0.15, 0.2) is 120 Å². The fraction of sp³-hybridized carbons (Fsp3) is 0.172. The van der Waals surface area contributed by atoms with Crippen LogP contribution in [-0.2, 0) is 5.54 Å². The molecule has 0 bridgehead atoms. The third-order valence-corrected chi connectivity index (χ3v) is 7.19. The van der Waals surface area contributed by atoms with Crippen LogP contribution in [0.3, 0.4) is 0 Å². The van der Waals surface area contributed by atoms with Crippen molar-refractivity contribution in [1.82, 2.24) is 4.90 Å². The van der Waals surface area contributed by atoms with Crippen molar-refractivity contribution in [2.24, 2.45) is 0 Å². The van der Waals surface area contributed by atoms with Gasteiger partial charge in [0.2, 0.25) is 0 Å². The van der Waals surface area contributed by atoms with Gasteiger partial charge < -0.3 is 4.90 Å². The maximum Gasteiger partial charge on any atom is 0.0974 e. The normalized spacial score (nSPS) is 15.0. The Bertz CT molecular complexity index is 1040. The van der Waals surface area contributed by atoms with Gasteiger partial charge in [-0.15, -0.1) is 0 Å². The van der Waals surface area contributed by atoms with Crippen molar-refractivity contribution in [2.75, 3.05) is 31.1 Å². The molecule has 1 saturated heterocycles. The molecular formula is C29H27BrN2. The van der Waals surface area contributed by atoms with E-state index in [1.54, 1.807) is 0 Å². The first-order chi connectivity index (χ1) is 15.8. The van der Waals surface area contributed by atoms with Crippen LogP contribution >= 0.6 is 15.9 Å². The molecule has 0 amide bonds. The highest BCUT2D eigenvalue weighted by Crippen LogP contribution is 2.43. The van der Waals surface area contributed by atoms with E-state index in [1.165, 1.54) is 22.4 Å². The van der Waals surface area contributed by atoms with Crippen molar-refractivity contribution < 1.29 is 0 Å². The van der Waals surface area contributed by atoms with Gasteiger partial charge >= 0.3 is 0 Å². The predicted octanol–water partition coefficient (Wildman–Crippen LogP) is 6.56. The fourth-order valence-corrected chi connectivity index (χ4v) is 5.61. The van der Waals surface area contributed by atoms with Gasteiger partial charge in [0.1, 0.15) is 0 Å². The summed E-state index contributed by atoms with van der Waals surface area (Å²) in [6, 6.07) is 41.5. The maximum atomic E-state index is 3.74. The van der Waals surface area contributed by atoms with Crippen molar-refractivity contribution in [3.8, 4) is 0 Å². The first kappa shape index (κ1) is 21.0. The molecule has 0 radical (unpaired) electrons. The molecule has 0 spiro atoms. The summed E-state index contributed by atoms with van der Waals surface area (Å²) in [5.41, 5.74) is 4.88. The van der Waals surface area contributed by atoms with E-state index in [-0.39, 0.29) is 5.54 Å². The molecule has 4 aromatic rings. The Kier molecular flexibility index (Phi) is 6.11. The molecule has 3 heteroatoms. The molecule has 32 heavy (non-hydrogen) atoms. The van der Waals surface area contributed by atoms with Crippen LogP contribution in [0.25, 0.3) is 0 Å². The second kappa shape index (κ2) is 9.32. The number of anilines is 1. The highest BCUT2D eigenvalue weighted by atomic mass is 79.9. The number of halogens is 1. The molecule has 0 aliphatic carbocycles. The second-order valence-electron chi connectivity index (χ2n) is 8.23. The number of para-hydroxylation sites is 1. The van der Waals surface area contributed by atoms with E-state index >= 15 is 0 Å². The topological polar surface area (TPSA) is 6.48 Å². The molecule has 5 rings (SSSR count). The molecule has 0 N–H and O–H groups in total. The lowest BCUT2D eigenvalue weighted by Crippen LogP contribution is -2.56. The molecule has 0 aromatic heterocycles. The summed E-state index contributed by atoms with van der Waals surface area (Å²) in [5.74, 6) is 0. The Labute approximate surface area is 199 Å². The number of piperazine rings is 1. The molecule has 2 nitrogen and oxygen atoms in total. The molecule has 1 aliphatic rings. The third-order valence-electron chi connectivity index (χ3n) is 6.52. The average molecular weight is 483 g/mol. The lowest BCUT2D eigenvalue weighted by Gasteiger charge is -2.49. The summed E-state index contributed by atoms with van der Waals surface area (Å²) in [7, 11) is 0. The van der Waals surface area contributed by atoms with Crippen LogP contribution in [-0.4, -0.2) is 31.1 Å². The van der Waals surface area contributed by atoms with E-state index in [9.17, 15) is 0 Å². The highest BCUT2D eigenvalue weighted by molar-refractivity contribution is 9.10. The molecule has 1 heterocycles. The lowest BCUT2D eigenvalue weighted by atomic mass is 9.75. The van der Waals surface area contributed by atoms with Crippen LogP contribution in [0.5, 0.6) is 0 Å². The SMILES string of the molecule is Brc1ccccc1N1CCN(C(c2ccccc2)(c2ccccc2)c2ccccc2)CC1. The zero-order valence-electron chi connectivity index (χ0n) is 18.1. The second-order valence-corrected chi connectivity index (χ2v) is 9.09. The Hall–Kier alpha value is -2.88. The summed E-state index contributed by atoms with van der Waals surface area (Å²) in [6.45, 7) is 3.91. The van der Waals surface area contributed by atoms with Crippen molar-refractivity contribution >= 4 is 21.6 Å². The van der Waals surface area contributed by atoms with E-state index in [2.05, 4.69) is 141 Å². The molecule has 1 fully saturated rings. The zero-order valence-corrected chi connectivity index (χ0v) is 19.7. The van der Waals surface area contributed by atoms with Gasteiger partial charge in [0.05, 0.1) is 11.2 Å². The van der Waals surface area contributed by atoms with Gasteiger partial charge in [0, 0.05) is 30.7 Å². The van der Waals surface area contributed by atoms with Crippen molar-refractivity contribution in [3.05, 3.63) is 136 Å². The number of hydrogen-bond acceptors (Lipinski definition) is 2. The maximum absolute atomic E-state index is 3.74. The molecule has 1 aliphatic heterocycles. The standard InChI is InChI=1S/C29H27BrN2/c30-27-18-10-11-19-28(27)31-20-22-32(23-21-31)29(24-12-4-1-5-13-24,25-14-6-2-7-15-25)26-16-8-3-9-17-26/h1-19H,20-23H2. The summed E-state index contributed by atoms with van der Waals surface area (Å²) >= 11 is 3.74. The fourth-order valence-electron chi connectivity index (χ4n) is 5.08. The number of nitrogens with zero attached hydrogens (tertiary/aromatic N) is 2. The Balaban J connectivity index is 1.60. The first-order valence-electron chi connectivity index (χ1n) is 11.2. The highest BCUT2D eigenvalue weighted by Gasteiger charge is 2.43. The van der Waals surface area contributed by atoms with E-state index in [1.807, 2.05) is 0 Å². The third kappa shape index (κ3) is 3.76. The smallest absolute Gasteiger partial charge is 0.0974 e. The minimum absolute atomic E-state index is 0.330. The Morgan fingerprint density at radius 3 is 1.34 bits per heavy atom. The van der Waals surface area contributed by atoms with E-state index < -0.39 is 0 Å². The van der Waals surface area contributed by atoms with Crippen LogP contribution in [0.4, 0.5) is 5.69 Å². The first-order valence-corrected chi connectivity index (χ1v) is 12.0. The lowest BCUT2D eigenvalue weighted by molar-refractivity contribution is 0.147. The minimum atomic E-state index is -0.330. The number of rotatable bonds is 5. The Morgan fingerprint density at radius 2 is 0.906 bits per heavy atom. The summed E-state index contributed by atoms with van der Waals surface area (Å²) in [6.07, 6.45) is 0. The van der Waals surface area contributed by atoms with Crippen molar-refractivity contribution in [2.45, 2.75) is 5.54 Å². The van der Waals surface area contributed by atoms with E-state index in [0.717, 1.165) is 30.7 Å². The van der Waals surface area contributed by atoms with Gasteiger partial charge in [-0.05, 0) is 44.8 Å². The Morgan fingerprint density at radius 1 is 0.500 bits per heavy atom. The van der Waals surface area contributed by atoms with Crippen LogP contribution < -0.4 is 4.90 Å². The number of hydrogen-bond donors (Lipinski definition) is 0. The van der Waals surface area contributed by atoms with Gasteiger partial charge in [0.25, 0.3) is 0 Å². The summed E-state index contributed by atoms with van der Waals surface area (Å²) in [4.78, 5) is 5.16. The van der Waals surface area contributed by atoms with Gasteiger partial charge in [-0.2, -0.15) is 0 Å². The largest absolute Gasteiger partial charge is 0.368 e. The predicted molar refractivity (Wildman–Crippen MR) is 137 cm³/mol. The van der Waals surface area contributed by atoms with Gasteiger partial charge in [-0.1, -0.05) is 103 Å². The van der Waals surface area contributed by atoms with Crippen LogP contribution in [0, 0.1) is 0 Å². The van der Waals surface area contributed by atoms with Crippen molar-refractivity contribution in [1.29, 1.82) is 0 Å². The average Bonchev–Trinajstić information content (AvgIpc) is 2.87. The monoisotopic (exact) mass is 482 g/mol. The molecule has 0 saturated carbocycles. The van der Waals surface area contributed by atoms with Crippen LogP contribution in [0.1, 0.15) is 16.7 Å². The minimum Gasteiger partial charge on any atom is -0.368 e. The van der Waals surface area contributed by atoms with Gasteiger partial charge in [-0.3, -0.25) is 4.90 Å². The van der Waals surface area contributed by atoms with Crippen LogP contribution in [0.2, 0.25) is 0 Å². The summed E-state index contributed by atoms with van der Waals surface area (Å²) < 4.78 is 1.16.